The second-order valence-corrected chi connectivity index (χ2v) is 10.2. The summed E-state index contributed by atoms with van der Waals surface area (Å²) in [5.74, 6) is -0.601. The van der Waals surface area contributed by atoms with Crippen LogP contribution in [-0.4, -0.2) is 44.7 Å². The van der Waals surface area contributed by atoms with Crippen molar-refractivity contribution in [1.82, 2.24) is 5.32 Å². The molecular formula is C21H24FN3O6S. The maximum Gasteiger partial charge on any atom is 0.409 e. The summed E-state index contributed by atoms with van der Waals surface area (Å²) in [7, 11) is -4.14. The van der Waals surface area contributed by atoms with Gasteiger partial charge < -0.3 is 15.2 Å². The van der Waals surface area contributed by atoms with Crippen molar-refractivity contribution in [2.75, 3.05) is 22.7 Å². The molecule has 0 aromatic heterocycles. The summed E-state index contributed by atoms with van der Waals surface area (Å²) in [6.45, 7) is 5.17. The lowest BCUT2D eigenvalue weighted by Crippen LogP contribution is -2.49. The first-order valence-corrected chi connectivity index (χ1v) is 11.2. The molecule has 0 aliphatic carbocycles. The molecule has 9 nitrogen and oxygen atoms in total. The Hall–Kier alpha value is -3.34. The summed E-state index contributed by atoms with van der Waals surface area (Å²) in [5, 5.41) is 13.9. The van der Waals surface area contributed by atoms with Gasteiger partial charge in [0.15, 0.2) is 0 Å². The van der Waals surface area contributed by atoms with Crippen LogP contribution in [0.15, 0.2) is 47.4 Å². The third-order valence-corrected chi connectivity index (χ3v) is 6.51. The molecule has 172 valence electrons. The van der Waals surface area contributed by atoms with Gasteiger partial charge in [0.1, 0.15) is 17.7 Å². The molecular weight excluding hydrogens is 441 g/mol. The lowest BCUT2D eigenvalue weighted by Gasteiger charge is -2.36. The zero-order chi connectivity index (χ0) is 23.7. The van der Waals surface area contributed by atoms with Gasteiger partial charge >= 0.3 is 6.09 Å². The van der Waals surface area contributed by atoms with Crippen LogP contribution >= 0.6 is 0 Å². The minimum atomic E-state index is -4.14. The summed E-state index contributed by atoms with van der Waals surface area (Å²) in [4.78, 5) is 23.1. The highest BCUT2D eigenvalue weighted by molar-refractivity contribution is 7.92. The Labute approximate surface area is 185 Å². The summed E-state index contributed by atoms with van der Waals surface area (Å²) in [6.07, 6.45) is -2.01. The predicted molar refractivity (Wildman–Crippen MR) is 116 cm³/mol. The average molecular weight is 466 g/mol. The fraction of sp³-hybridized carbons (Fsp3) is 0.333. The smallest absolute Gasteiger partial charge is 0.409 e. The zero-order valence-electron chi connectivity index (χ0n) is 17.8. The monoisotopic (exact) mass is 465 g/mol. The summed E-state index contributed by atoms with van der Waals surface area (Å²) < 4.78 is 47.0. The quantitative estimate of drug-likeness (QED) is 0.623. The highest BCUT2D eigenvalue weighted by Gasteiger charge is 2.35. The van der Waals surface area contributed by atoms with Gasteiger partial charge in [0.05, 0.1) is 23.7 Å². The first-order valence-electron chi connectivity index (χ1n) is 9.75. The molecule has 2 aromatic carbocycles. The second-order valence-electron chi connectivity index (χ2n) is 8.30. The van der Waals surface area contributed by atoms with Gasteiger partial charge in [-0.25, -0.2) is 17.6 Å². The number of carbonyl (C=O) groups is 2. The topological polar surface area (TPSA) is 125 Å². The minimum Gasteiger partial charge on any atom is -0.484 e. The van der Waals surface area contributed by atoms with Gasteiger partial charge in [0.25, 0.3) is 10.0 Å². The molecule has 3 rings (SSSR count). The number of ether oxygens (including phenoxy) is 1. The van der Waals surface area contributed by atoms with Crippen LogP contribution in [0.3, 0.4) is 0 Å². The Morgan fingerprint density at radius 1 is 1.19 bits per heavy atom. The van der Waals surface area contributed by atoms with E-state index in [-0.39, 0.29) is 41.0 Å². The number of anilines is 2. The molecule has 1 aliphatic rings. The standard InChI is InChI=1S/C21H24FN3O6S/c1-21(2,3)19(26)23-11-15-12-25(32(29,30)16-7-4-13(22)5-8-16)17-10-14(24-20(27)28)6-9-18(17)31-15/h4-10,15,24H,11-12H2,1-3H3,(H,23,26)(H,27,28). The summed E-state index contributed by atoms with van der Waals surface area (Å²) in [5.41, 5.74) is -0.359. The normalized spacial score (nSPS) is 16.0. The predicted octanol–water partition coefficient (Wildman–Crippen LogP) is 3.03. The van der Waals surface area contributed by atoms with Crippen molar-refractivity contribution in [3.05, 3.63) is 48.3 Å². The van der Waals surface area contributed by atoms with Gasteiger partial charge in [-0.05, 0) is 42.5 Å². The molecule has 0 fully saturated rings. The maximum atomic E-state index is 13.4. The number of sulfonamides is 1. The number of carboxylic acid groups (broad SMARTS) is 1. The number of hydrogen-bond acceptors (Lipinski definition) is 5. The van der Waals surface area contributed by atoms with Gasteiger partial charge in [-0.2, -0.15) is 0 Å². The van der Waals surface area contributed by atoms with Crippen molar-refractivity contribution >= 4 is 33.4 Å². The fourth-order valence-corrected chi connectivity index (χ4v) is 4.55. The van der Waals surface area contributed by atoms with Crippen LogP contribution in [0, 0.1) is 11.2 Å². The number of carbonyl (C=O) groups excluding carboxylic acids is 1. The minimum absolute atomic E-state index is 0.0557. The summed E-state index contributed by atoms with van der Waals surface area (Å²) >= 11 is 0. The number of amides is 2. The Bertz CT molecular complexity index is 1130. The summed E-state index contributed by atoms with van der Waals surface area (Å²) in [6, 6.07) is 8.60. The Morgan fingerprint density at radius 3 is 2.44 bits per heavy atom. The molecule has 0 saturated carbocycles. The molecule has 0 spiro atoms. The van der Waals surface area contributed by atoms with Crippen LogP contribution in [-0.2, 0) is 14.8 Å². The van der Waals surface area contributed by atoms with Crippen LogP contribution in [0.5, 0.6) is 5.75 Å². The van der Waals surface area contributed by atoms with Gasteiger partial charge in [-0.15, -0.1) is 0 Å². The van der Waals surface area contributed by atoms with Crippen molar-refractivity contribution < 1.29 is 32.2 Å². The largest absolute Gasteiger partial charge is 0.484 e. The van der Waals surface area contributed by atoms with Crippen LogP contribution in [0.25, 0.3) is 0 Å². The third kappa shape index (κ3) is 5.10. The number of hydrogen-bond donors (Lipinski definition) is 3. The van der Waals surface area contributed by atoms with Crippen molar-refractivity contribution in [1.29, 1.82) is 0 Å². The first-order chi connectivity index (χ1) is 14.9. The van der Waals surface area contributed by atoms with E-state index in [0.717, 1.165) is 28.6 Å². The van der Waals surface area contributed by atoms with Crippen LogP contribution in [0.1, 0.15) is 20.8 Å². The molecule has 32 heavy (non-hydrogen) atoms. The van der Waals surface area contributed by atoms with Gasteiger partial charge in [0.2, 0.25) is 5.91 Å². The lowest BCUT2D eigenvalue weighted by atomic mass is 9.95. The van der Waals surface area contributed by atoms with E-state index >= 15 is 0 Å². The average Bonchev–Trinajstić information content (AvgIpc) is 2.70. The third-order valence-electron chi connectivity index (χ3n) is 4.72. The first kappa shape index (κ1) is 23.3. The molecule has 2 amide bonds. The Morgan fingerprint density at radius 2 is 1.84 bits per heavy atom. The SMILES string of the molecule is CC(C)(C)C(=O)NCC1CN(S(=O)(=O)c2ccc(F)cc2)c2cc(NC(=O)O)ccc2O1. The number of nitrogens with zero attached hydrogens (tertiary/aromatic N) is 1. The number of fused-ring (bicyclic) bond motifs is 1. The molecule has 1 atom stereocenters. The van der Waals surface area contributed by atoms with Gasteiger partial charge in [-0.1, -0.05) is 20.8 Å². The Kier molecular flexibility index (Phi) is 6.31. The van der Waals surface area contributed by atoms with E-state index < -0.39 is 33.5 Å². The highest BCUT2D eigenvalue weighted by atomic mass is 32.2. The molecule has 0 bridgehead atoms. The molecule has 3 N–H and O–H groups in total. The van der Waals surface area contributed by atoms with Crippen molar-refractivity contribution in [2.45, 2.75) is 31.8 Å². The lowest BCUT2D eigenvalue weighted by molar-refractivity contribution is -0.128. The van der Waals surface area contributed by atoms with E-state index in [9.17, 15) is 22.4 Å². The van der Waals surface area contributed by atoms with E-state index in [4.69, 9.17) is 9.84 Å². The number of benzene rings is 2. The van der Waals surface area contributed by atoms with Gasteiger partial charge in [0, 0.05) is 11.1 Å². The number of halogens is 1. The van der Waals surface area contributed by atoms with E-state index in [1.807, 2.05) is 0 Å². The second kappa shape index (κ2) is 8.65. The molecule has 1 unspecified atom stereocenters. The van der Waals surface area contributed by atoms with E-state index in [1.165, 1.54) is 18.2 Å². The van der Waals surface area contributed by atoms with Crippen molar-refractivity contribution in [2.24, 2.45) is 5.41 Å². The number of rotatable bonds is 5. The highest BCUT2D eigenvalue weighted by Crippen LogP contribution is 2.39. The zero-order valence-corrected chi connectivity index (χ0v) is 18.6. The van der Waals surface area contributed by atoms with E-state index in [1.54, 1.807) is 20.8 Å². The molecule has 1 aliphatic heterocycles. The fourth-order valence-electron chi connectivity index (χ4n) is 3.05. The van der Waals surface area contributed by atoms with Crippen LogP contribution in [0.4, 0.5) is 20.6 Å². The van der Waals surface area contributed by atoms with Crippen LogP contribution < -0.4 is 19.7 Å². The van der Waals surface area contributed by atoms with Crippen LogP contribution in [0.2, 0.25) is 0 Å². The molecule has 2 aromatic rings. The van der Waals surface area contributed by atoms with Gasteiger partial charge in [-0.3, -0.25) is 14.4 Å². The number of nitrogens with one attached hydrogen (secondary N) is 2. The maximum absolute atomic E-state index is 13.4. The van der Waals surface area contributed by atoms with E-state index in [0.29, 0.717) is 0 Å². The van der Waals surface area contributed by atoms with E-state index in [2.05, 4.69) is 10.6 Å². The Balaban J connectivity index is 1.98. The molecule has 0 saturated heterocycles. The van der Waals surface area contributed by atoms with Crippen molar-refractivity contribution in [3.8, 4) is 5.75 Å². The molecule has 11 heteroatoms. The molecule has 0 radical (unpaired) electrons. The van der Waals surface area contributed by atoms with Crippen molar-refractivity contribution in [3.63, 3.8) is 0 Å². The molecule has 1 heterocycles.